The number of nitrogens with one attached hydrogen (secondary N) is 1. The summed E-state index contributed by atoms with van der Waals surface area (Å²) >= 11 is 2.29. The van der Waals surface area contributed by atoms with Crippen LogP contribution in [0.5, 0.6) is 11.5 Å². The van der Waals surface area contributed by atoms with Crippen LogP contribution in [0.15, 0.2) is 113 Å². The molecule has 0 saturated carbocycles. The molecule has 4 aromatic rings. The van der Waals surface area contributed by atoms with Gasteiger partial charge in [-0.25, -0.2) is 14.6 Å². The summed E-state index contributed by atoms with van der Waals surface area (Å²) in [5, 5.41) is 16.0. The predicted octanol–water partition coefficient (Wildman–Crippen LogP) is 4.15. The molecule has 1 aromatic heterocycles. The summed E-state index contributed by atoms with van der Waals surface area (Å²) in [6.45, 7) is 2.04. The number of carbonyl (C=O) groups excluding carboxylic acids is 6. The number of esters is 4. The van der Waals surface area contributed by atoms with Gasteiger partial charge in [-0.1, -0.05) is 71.9 Å². The van der Waals surface area contributed by atoms with E-state index in [1.54, 1.807) is 0 Å². The molecule has 0 aliphatic carbocycles. The van der Waals surface area contributed by atoms with E-state index in [1.165, 1.54) is 59.3 Å². The molecule has 16 nitrogen and oxygen atoms in total. The van der Waals surface area contributed by atoms with E-state index in [9.17, 15) is 34.0 Å². The number of aromatic nitrogens is 1. The van der Waals surface area contributed by atoms with E-state index < -0.39 is 58.9 Å². The van der Waals surface area contributed by atoms with Gasteiger partial charge in [-0.15, -0.1) is 23.1 Å². The Hall–Kier alpha value is -6.79. The lowest BCUT2D eigenvalue weighted by molar-refractivity contribution is -0.154. The number of ether oxygens (including phenoxy) is 4. The third kappa shape index (κ3) is 9.20. The zero-order chi connectivity index (χ0) is 40.6. The largest absolute Gasteiger partial charge is 0.458 e. The normalized spacial score (nSPS) is 16.4. The van der Waals surface area contributed by atoms with Crippen molar-refractivity contribution in [2.24, 2.45) is 5.16 Å². The molecule has 18 heteroatoms. The van der Waals surface area contributed by atoms with Gasteiger partial charge in [-0.2, -0.15) is 0 Å². The second-order valence-electron chi connectivity index (χ2n) is 12.2. The highest BCUT2D eigenvalue weighted by Gasteiger charge is 2.54. The Morgan fingerprint density at radius 2 is 1.61 bits per heavy atom. The average Bonchev–Trinajstić information content (AvgIpc) is 3.63. The average molecular weight is 812 g/mol. The van der Waals surface area contributed by atoms with E-state index in [4.69, 9.17) is 24.7 Å². The minimum absolute atomic E-state index is 0.00474. The third-order valence-electron chi connectivity index (χ3n) is 8.30. The van der Waals surface area contributed by atoms with Gasteiger partial charge in [0.25, 0.3) is 11.8 Å². The zero-order valence-electron chi connectivity index (χ0n) is 30.1. The molecule has 2 amide bonds. The molecule has 1 saturated heterocycles. The molecule has 0 bridgehead atoms. The first-order chi connectivity index (χ1) is 27.4. The summed E-state index contributed by atoms with van der Waals surface area (Å²) in [5.74, 6) is -4.55. The van der Waals surface area contributed by atoms with Gasteiger partial charge in [-0.05, 0) is 41.0 Å². The van der Waals surface area contributed by atoms with Crippen molar-refractivity contribution in [2.45, 2.75) is 31.4 Å². The van der Waals surface area contributed by atoms with Crippen molar-refractivity contribution in [1.82, 2.24) is 15.2 Å². The number of hydrogen-bond acceptors (Lipinski definition) is 16. The van der Waals surface area contributed by atoms with Crippen molar-refractivity contribution in [3.8, 4) is 11.5 Å². The predicted molar refractivity (Wildman–Crippen MR) is 206 cm³/mol. The number of anilines is 1. The number of nitrogens with two attached hydrogens (primary N) is 1. The lowest BCUT2D eigenvalue weighted by atomic mass is 10.0. The molecule has 2 atom stereocenters. The molecule has 57 heavy (non-hydrogen) atoms. The summed E-state index contributed by atoms with van der Waals surface area (Å²) < 4.78 is 21.7. The molecule has 3 heterocycles. The number of benzene rings is 3. The van der Waals surface area contributed by atoms with Crippen LogP contribution in [0.2, 0.25) is 0 Å². The van der Waals surface area contributed by atoms with Crippen LogP contribution in [0.1, 0.15) is 47.1 Å². The molecule has 292 valence electrons. The van der Waals surface area contributed by atoms with Crippen LogP contribution < -0.4 is 20.5 Å². The van der Waals surface area contributed by atoms with Crippen LogP contribution in [0.4, 0.5) is 5.13 Å². The SMILES string of the molecule is CC(=O)Oc1ccc(C(=O)OC/C=C/C2=C(C(=O)OC(c3ccccc3)c3ccccc3)N3C(=O)C(NC(=O)/C(=N\O)c4csc(N)n4)C3SC2)cc1OC(C)=O. The monoisotopic (exact) mass is 811 g/mol. The molecule has 0 spiro atoms. The second kappa shape index (κ2) is 17.8. The number of amides is 2. The van der Waals surface area contributed by atoms with Crippen LogP contribution in [-0.2, 0) is 33.4 Å². The fourth-order valence-electron chi connectivity index (χ4n) is 5.83. The van der Waals surface area contributed by atoms with Gasteiger partial charge < -0.3 is 35.2 Å². The number of allylic oxidation sites excluding steroid dienone is 1. The molecule has 2 unspecified atom stereocenters. The first-order valence-electron chi connectivity index (χ1n) is 17.0. The number of fused-ring (bicyclic) bond motifs is 1. The Kier molecular flexibility index (Phi) is 12.4. The maximum Gasteiger partial charge on any atom is 0.356 e. The molecular formula is C39H33N5O11S2. The molecular weight excluding hydrogens is 779 g/mol. The lowest BCUT2D eigenvalue weighted by Gasteiger charge is -2.49. The van der Waals surface area contributed by atoms with Gasteiger partial charge in [0.15, 0.2) is 28.4 Å². The highest BCUT2D eigenvalue weighted by atomic mass is 32.2. The topological polar surface area (TPSA) is 226 Å². The Balaban J connectivity index is 1.25. The molecule has 2 aliphatic heterocycles. The summed E-state index contributed by atoms with van der Waals surface area (Å²) in [6.07, 6.45) is 2.15. The Bertz CT molecular complexity index is 2270. The maximum atomic E-state index is 14.3. The smallest absolute Gasteiger partial charge is 0.356 e. The summed E-state index contributed by atoms with van der Waals surface area (Å²) in [7, 11) is 0. The fraction of sp³-hybridized carbons (Fsp3) is 0.179. The van der Waals surface area contributed by atoms with Crippen LogP contribution in [-0.4, -0.2) is 80.3 Å². The van der Waals surface area contributed by atoms with Crippen molar-refractivity contribution in [1.29, 1.82) is 0 Å². The summed E-state index contributed by atoms with van der Waals surface area (Å²) in [5.41, 5.74) is 6.90. The first kappa shape index (κ1) is 39.9. The molecule has 2 aliphatic rings. The fourth-order valence-corrected chi connectivity index (χ4v) is 7.70. The van der Waals surface area contributed by atoms with Crippen molar-refractivity contribution in [2.75, 3.05) is 18.1 Å². The van der Waals surface area contributed by atoms with Crippen LogP contribution >= 0.6 is 23.1 Å². The Morgan fingerprint density at radius 1 is 0.965 bits per heavy atom. The Labute approximate surface area is 332 Å². The van der Waals surface area contributed by atoms with E-state index >= 15 is 0 Å². The number of carbonyl (C=O) groups is 6. The number of nitrogen functional groups attached to an aromatic ring is 1. The van der Waals surface area contributed by atoms with E-state index in [0.29, 0.717) is 16.7 Å². The standard InChI is InChI=1S/C39H33N5O11S2/c1-21(45)53-28-16-15-25(18-29(28)54-22(2)46)37(49)52-17-9-14-26-19-56-36-31(42-34(47)30(43-51)27-20-57-39(40)41-27)35(48)44(36)32(26)38(50)55-33(23-10-5-3-6-11-23)24-12-7-4-8-13-24/h3-16,18,20,31,33,36,51H,17,19H2,1-2H3,(H2,40,41)(H,42,47)/b14-9+,43-30-. The molecule has 0 radical (unpaired) electrons. The number of oxime groups is 1. The molecule has 1 fully saturated rings. The van der Waals surface area contributed by atoms with Crippen LogP contribution in [0, 0.1) is 0 Å². The minimum Gasteiger partial charge on any atom is -0.458 e. The van der Waals surface area contributed by atoms with Gasteiger partial charge in [0.1, 0.15) is 29.4 Å². The van der Waals surface area contributed by atoms with Gasteiger partial charge in [0.05, 0.1) is 5.56 Å². The number of β-lactam (4-membered cyclic amide) rings is 1. The van der Waals surface area contributed by atoms with E-state index in [0.717, 1.165) is 18.3 Å². The number of nitrogens with zero attached hydrogens (tertiary/aromatic N) is 3. The van der Waals surface area contributed by atoms with E-state index in [1.807, 2.05) is 60.7 Å². The van der Waals surface area contributed by atoms with Gasteiger partial charge in [0.2, 0.25) is 0 Å². The van der Waals surface area contributed by atoms with Crippen molar-refractivity contribution in [3.05, 3.63) is 130 Å². The number of hydrogen-bond donors (Lipinski definition) is 3. The Morgan fingerprint density at radius 3 is 2.21 bits per heavy atom. The number of thioether (sulfide) groups is 1. The summed E-state index contributed by atoms with van der Waals surface area (Å²) in [4.78, 5) is 82.4. The highest BCUT2D eigenvalue weighted by Crippen LogP contribution is 2.42. The highest BCUT2D eigenvalue weighted by molar-refractivity contribution is 8.00. The molecule has 4 N–H and O–H groups in total. The third-order valence-corrected chi connectivity index (χ3v) is 10.3. The zero-order valence-corrected chi connectivity index (χ0v) is 31.8. The first-order valence-corrected chi connectivity index (χ1v) is 19.0. The van der Waals surface area contributed by atoms with Gasteiger partial charge in [0, 0.05) is 25.0 Å². The number of thiazole rings is 1. The molecule has 3 aromatic carbocycles. The lowest BCUT2D eigenvalue weighted by Crippen LogP contribution is -2.71. The molecule has 6 rings (SSSR count). The van der Waals surface area contributed by atoms with Gasteiger partial charge >= 0.3 is 23.9 Å². The second-order valence-corrected chi connectivity index (χ2v) is 14.2. The summed E-state index contributed by atoms with van der Waals surface area (Å²) in [6, 6.07) is 20.8. The van der Waals surface area contributed by atoms with Gasteiger partial charge in [-0.3, -0.25) is 24.1 Å². The number of rotatable bonds is 13. The van der Waals surface area contributed by atoms with Crippen LogP contribution in [0.3, 0.4) is 0 Å². The maximum absolute atomic E-state index is 14.3. The van der Waals surface area contributed by atoms with Crippen LogP contribution in [0.25, 0.3) is 0 Å². The van der Waals surface area contributed by atoms with Crippen molar-refractivity contribution < 1.29 is 52.9 Å². The van der Waals surface area contributed by atoms with Crippen molar-refractivity contribution >= 4 is 69.6 Å². The van der Waals surface area contributed by atoms with E-state index in [-0.39, 0.29) is 45.9 Å². The van der Waals surface area contributed by atoms with E-state index in [2.05, 4.69) is 15.5 Å². The minimum atomic E-state index is -1.10. The van der Waals surface area contributed by atoms with Crippen molar-refractivity contribution in [3.63, 3.8) is 0 Å². The quantitative estimate of drug-likeness (QED) is 0.0431.